The van der Waals surface area contributed by atoms with Gasteiger partial charge in [-0.3, -0.25) is 0 Å². The van der Waals surface area contributed by atoms with Crippen molar-refractivity contribution < 1.29 is 9.47 Å². The van der Waals surface area contributed by atoms with Crippen molar-refractivity contribution in [2.45, 2.75) is 6.42 Å². The fraction of sp³-hybridized carbons (Fsp3) is 0.211. The Bertz CT molecular complexity index is 827. The summed E-state index contributed by atoms with van der Waals surface area (Å²) in [6.45, 7) is 0.647. The number of halogens is 1. The van der Waals surface area contributed by atoms with Gasteiger partial charge in [0, 0.05) is 5.88 Å². The van der Waals surface area contributed by atoms with E-state index in [2.05, 4.69) is 11.1 Å². The van der Waals surface area contributed by atoms with Gasteiger partial charge < -0.3 is 9.47 Å². The molecule has 5 heteroatoms. The highest BCUT2D eigenvalue weighted by molar-refractivity contribution is 7.19. The van der Waals surface area contributed by atoms with Crippen LogP contribution >= 0.6 is 22.9 Å². The van der Waals surface area contributed by atoms with Gasteiger partial charge in [-0.2, -0.15) is 0 Å². The molecule has 0 aliphatic carbocycles. The van der Waals surface area contributed by atoms with Crippen LogP contribution in [-0.2, 0) is 0 Å². The summed E-state index contributed by atoms with van der Waals surface area (Å²) in [5.74, 6) is 2.34. The lowest BCUT2D eigenvalue weighted by Gasteiger charge is -2.04. The molecule has 3 aromatic rings. The van der Waals surface area contributed by atoms with Gasteiger partial charge >= 0.3 is 0 Å². The van der Waals surface area contributed by atoms with Gasteiger partial charge in [-0.15, -0.1) is 22.9 Å². The molecule has 0 amide bonds. The van der Waals surface area contributed by atoms with Gasteiger partial charge in [0.2, 0.25) is 0 Å². The number of aromatic nitrogens is 1. The van der Waals surface area contributed by atoms with Crippen LogP contribution in [0.15, 0.2) is 42.5 Å². The molecule has 0 unspecified atom stereocenters. The number of hydrogen-bond donors (Lipinski definition) is 0. The maximum atomic E-state index is 5.64. The first-order chi connectivity index (χ1) is 11.8. The van der Waals surface area contributed by atoms with Crippen LogP contribution in [0.4, 0.5) is 0 Å². The molecular formula is C19H18ClNO2S. The zero-order valence-corrected chi connectivity index (χ0v) is 14.9. The highest BCUT2D eigenvalue weighted by Crippen LogP contribution is 2.27. The summed E-state index contributed by atoms with van der Waals surface area (Å²) in [6.07, 6.45) is 4.93. The van der Waals surface area contributed by atoms with E-state index in [1.54, 1.807) is 18.4 Å². The SMILES string of the molecule is COc1ccc2nc(/C=C/c3ccc(OCCCCl)cc3)sc2c1. The highest BCUT2D eigenvalue weighted by Gasteiger charge is 2.03. The van der Waals surface area contributed by atoms with E-state index in [9.17, 15) is 0 Å². The molecule has 1 heterocycles. The van der Waals surface area contributed by atoms with Crippen LogP contribution in [0.1, 0.15) is 17.0 Å². The number of fused-ring (bicyclic) bond motifs is 1. The molecular weight excluding hydrogens is 342 g/mol. The number of rotatable bonds is 7. The molecule has 3 rings (SSSR count). The zero-order valence-electron chi connectivity index (χ0n) is 13.4. The predicted octanol–water partition coefficient (Wildman–Crippen LogP) is 5.48. The van der Waals surface area contributed by atoms with E-state index in [0.29, 0.717) is 12.5 Å². The molecule has 1 aromatic heterocycles. The fourth-order valence-corrected chi connectivity index (χ4v) is 3.22. The Hall–Kier alpha value is -2.04. The van der Waals surface area contributed by atoms with Crippen LogP contribution in [0.5, 0.6) is 11.5 Å². The van der Waals surface area contributed by atoms with Crippen LogP contribution in [0.3, 0.4) is 0 Å². The number of thiazole rings is 1. The molecule has 0 aliphatic heterocycles. The van der Waals surface area contributed by atoms with Crippen molar-refractivity contribution in [3.8, 4) is 11.5 Å². The van der Waals surface area contributed by atoms with Crippen molar-refractivity contribution >= 4 is 45.3 Å². The third kappa shape index (κ3) is 4.28. The lowest BCUT2D eigenvalue weighted by Crippen LogP contribution is -1.97. The van der Waals surface area contributed by atoms with E-state index in [4.69, 9.17) is 21.1 Å². The van der Waals surface area contributed by atoms with Crippen LogP contribution in [0, 0.1) is 0 Å². The summed E-state index contributed by atoms with van der Waals surface area (Å²) >= 11 is 7.29. The number of nitrogens with zero attached hydrogens (tertiary/aromatic N) is 1. The Morgan fingerprint density at radius 3 is 2.62 bits per heavy atom. The van der Waals surface area contributed by atoms with Crippen molar-refractivity contribution in [2.75, 3.05) is 19.6 Å². The second-order valence-electron chi connectivity index (χ2n) is 5.18. The van der Waals surface area contributed by atoms with Crippen molar-refractivity contribution in [2.24, 2.45) is 0 Å². The minimum Gasteiger partial charge on any atom is -0.497 e. The Labute approximate surface area is 150 Å². The molecule has 0 atom stereocenters. The van der Waals surface area contributed by atoms with Crippen molar-refractivity contribution in [1.29, 1.82) is 0 Å². The van der Waals surface area contributed by atoms with Gasteiger partial charge in [-0.25, -0.2) is 4.98 Å². The molecule has 24 heavy (non-hydrogen) atoms. The molecule has 0 aliphatic rings. The summed E-state index contributed by atoms with van der Waals surface area (Å²) in [6, 6.07) is 13.9. The lowest BCUT2D eigenvalue weighted by atomic mass is 10.2. The van der Waals surface area contributed by atoms with E-state index in [1.165, 1.54) is 0 Å². The highest BCUT2D eigenvalue weighted by atomic mass is 35.5. The predicted molar refractivity (Wildman–Crippen MR) is 102 cm³/mol. The summed E-state index contributed by atoms with van der Waals surface area (Å²) in [4.78, 5) is 4.61. The molecule has 124 valence electrons. The van der Waals surface area contributed by atoms with Gasteiger partial charge in [0.05, 0.1) is 23.9 Å². The summed E-state index contributed by atoms with van der Waals surface area (Å²) in [5.41, 5.74) is 2.10. The normalized spacial score (nSPS) is 11.2. The number of alkyl halides is 1. The third-order valence-electron chi connectivity index (χ3n) is 3.46. The molecule has 0 saturated heterocycles. The Morgan fingerprint density at radius 1 is 1.08 bits per heavy atom. The van der Waals surface area contributed by atoms with E-state index in [-0.39, 0.29) is 0 Å². The average Bonchev–Trinajstić information content (AvgIpc) is 3.03. The quantitative estimate of drug-likeness (QED) is 0.413. The second kappa shape index (κ2) is 8.18. The largest absolute Gasteiger partial charge is 0.497 e. The Kier molecular flexibility index (Phi) is 5.72. The first kappa shape index (κ1) is 16.8. The molecule has 0 radical (unpaired) electrons. The second-order valence-corrected chi connectivity index (χ2v) is 6.62. The van der Waals surface area contributed by atoms with Gasteiger partial charge in [0.25, 0.3) is 0 Å². The number of hydrogen-bond acceptors (Lipinski definition) is 4. The van der Waals surface area contributed by atoms with E-state index in [1.807, 2.05) is 48.5 Å². The average molecular weight is 360 g/mol. The van der Waals surface area contributed by atoms with Crippen LogP contribution in [0.2, 0.25) is 0 Å². The van der Waals surface area contributed by atoms with Crippen molar-refractivity contribution in [3.05, 3.63) is 53.0 Å². The molecule has 3 nitrogen and oxygen atoms in total. The molecule has 0 N–H and O–H groups in total. The van der Waals surface area contributed by atoms with Crippen LogP contribution < -0.4 is 9.47 Å². The summed E-state index contributed by atoms with van der Waals surface area (Å²) in [5, 5.41) is 0.973. The van der Waals surface area contributed by atoms with Crippen LogP contribution in [0.25, 0.3) is 22.4 Å². The minimum atomic E-state index is 0.620. The zero-order chi connectivity index (χ0) is 16.8. The lowest BCUT2D eigenvalue weighted by molar-refractivity contribution is 0.318. The topological polar surface area (TPSA) is 31.4 Å². The molecule has 0 spiro atoms. The fourth-order valence-electron chi connectivity index (χ4n) is 2.21. The number of benzene rings is 2. The molecule has 0 saturated carbocycles. The van der Waals surface area contributed by atoms with Gasteiger partial charge in [0.15, 0.2) is 0 Å². The van der Waals surface area contributed by atoms with Crippen LogP contribution in [-0.4, -0.2) is 24.6 Å². The Balaban J connectivity index is 1.68. The van der Waals surface area contributed by atoms with Gasteiger partial charge in [-0.05, 0) is 48.4 Å². The molecule has 2 aromatic carbocycles. The van der Waals surface area contributed by atoms with Crippen molar-refractivity contribution in [3.63, 3.8) is 0 Å². The molecule has 0 fully saturated rings. The monoisotopic (exact) mass is 359 g/mol. The smallest absolute Gasteiger partial charge is 0.120 e. The number of methoxy groups -OCH3 is 1. The van der Waals surface area contributed by atoms with Gasteiger partial charge in [-0.1, -0.05) is 18.2 Å². The maximum absolute atomic E-state index is 5.64. The standard InChI is InChI=1S/C19H18ClNO2S/c1-22-16-8-9-17-18(13-16)24-19(21-17)10-5-14-3-6-15(7-4-14)23-12-2-11-20/h3-10,13H,2,11-12H2,1H3/b10-5+. The first-order valence-corrected chi connectivity index (χ1v) is 9.05. The van der Waals surface area contributed by atoms with Crippen molar-refractivity contribution in [1.82, 2.24) is 4.98 Å². The third-order valence-corrected chi connectivity index (χ3v) is 4.71. The summed E-state index contributed by atoms with van der Waals surface area (Å²) in [7, 11) is 1.67. The number of ether oxygens (including phenoxy) is 2. The van der Waals surface area contributed by atoms with E-state index >= 15 is 0 Å². The Morgan fingerprint density at radius 2 is 1.88 bits per heavy atom. The van der Waals surface area contributed by atoms with Gasteiger partial charge in [0.1, 0.15) is 16.5 Å². The first-order valence-electron chi connectivity index (χ1n) is 7.70. The minimum absolute atomic E-state index is 0.620. The summed E-state index contributed by atoms with van der Waals surface area (Å²) < 4.78 is 12.0. The van der Waals surface area contributed by atoms with E-state index in [0.717, 1.165) is 38.7 Å². The van der Waals surface area contributed by atoms with E-state index < -0.39 is 0 Å². The molecule has 0 bridgehead atoms. The maximum Gasteiger partial charge on any atom is 0.120 e.